The molecule has 1 saturated heterocycles. The molecule has 1 fully saturated rings. The molecule has 1 heterocycles. The number of alkyl halides is 3. The van der Waals surface area contributed by atoms with Crippen LogP contribution in [0, 0.1) is 18.3 Å². The summed E-state index contributed by atoms with van der Waals surface area (Å²) in [6.45, 7) is 0.190. The molecule has 0 spiro atoms. The first kappa shape index (κ1) is 21.3. The van der Waals surface area contributed by atoms with Crippen molar-refractivity contribution in [3.63, 3.8) is 0 Å². The van der Waals surface area contributed by atoms with Gasteiger partial charge in [-0.15, -0.1) is 12.3 Å². The van der Waals surface area contributed by atoms with Crippen molar-refractivity contribution >= 4 is 15.9 Å². The Hall–Kier alpha value is -2.05. The maximum absolute atomic E-state index is 12.7. The van der Waals surface area contributed by atoms with E-state index in [1.54, 1.807) is 18.2 Å². The molecular formula is C18H21F3N2O3S. The number of nitrogens with one attached hydrogen (secondary N) is 1. The Balaban J connectivity index is 2.06. The summed E-state index contributed by atoms with van der Waals surface area (Å²) in [6.07, 6.45) is 0.0208. The molecule has 2 atom stereocenters. The van der Waals surface area contributed by atoms with Crippen molar-refractivity contribution in [1.82, 2.24) is 9.62 Å². The zero-order valence-electron chi connectivity index (χ0n) is 14.6. The first-order chi connectivity index (χ1) is 12.6. The molecule has 27 heavy (non-hydrogen) atoms. The third-order valence-electron chi connectivity index (χ3n) is 4.32. The van der Waals surface area contributed by atoms with E-state index in [0.29, 0.717) is 12.8 Å². The number of sulfonamides is 1. The van der Waals surface area contributed by atoms with Gasteiger partial charge in [-0.05, 0) is 25.0 Å². The van der Waals surface area contributed by atoms with E-state index in [0.717, 1.165) is 0 Å². The lowest BCUT2D eigenvalue weighted by molar-refractivity contribution is -0.143. The Morgan fingerprint density at radius 2 is 2.00 bits per heavy atom. The number of benzene rings is 1. The average molecular weight is 402 g/mol. The van der Waals surface area contributed by atoms with Crippen LogP contribution in [0.25, 0.3) is 0 Å². The van der Waals surface area contributed by atoms with Gasteiger partial charge >= 0.3 is 6.18 Å². The number of nitrogens with zero attached hydrogens (tertiary/aromatic N) is 1. The molecule has 5 nitrogen and oxygen atoms in total. The molecule has 0 aromatic heterocycles. The molecule has 0 radical (unpaired) electrons. The normalized spacial score (nSPS) is 19.9. The molecule has 0 bridgehead atoms. The minimum Gasteiger partial charge on any atom is -0.352 e. The van der Waals surface area contributed by atoms with Crippen molar-refractivity contribution in [2.45, 2.75) is 42.8 Å². The number of rotatable bonds is 6. The summed E-state index contributed by atoms with van der Waals surface area (Å²) in [5.41, 5.74) is 0. The summed E-state index contributed by atoms with van der Waals surface area (Å²) < 4.78 is 64.4. The molecule has 2 rings (SSSR count). The highest BCUT2D eigenvalue weighted by molar-refractivity contribution is 7.89. The quantitative estimate of drug-likeness (QED) is 0.744. The molecule has 0 saturated carbocycles. The number of carbonyl (C=O) groups is 1. The highest BCUT2D eigenvalue weighted by Gasteiger charge is 2.36. The van der Waals surface area contributed by atoms with Crippen LogP contribution in [0.5, 0.6) is 0 Å². The number of halogens is 3. The zero-order valence-corrected chi connectivity index (χ0v) is 15.4. The van der Waals surface area contributed by atoms with Gasteiger partial charge in [0.15, 0.2) is 0 Å². The van der Waals surface area contributed by atoms with Crippen LogP contribution < -0.4 is 5.32 Å². The second-order valence-electron chi connectivity index (χ2n) is 6.45. The monoisotopic (exact) mass is 402 g/mol. The summed E-state index contributed by atoms with van der Waals surface area (Å²) in [5.74, 6) is 0.811. The number of carbonyl (C=O) groups excluding carboxylic acids is 1. The van der Waals surface area contributed by atoms with Gasteiger partial charge in [0.05, 0.1) is 17.2 Å². The van der Waals surface area contributed by atoms with E-state index in [1.807, 2.05) is 0 Å². The smallest absolute Gasteiger partial charge is 0.352 e. The molecule has 148 valence electrons. The maximum Gasteiger partial charge on any atom is 0.391 e. The van der Waals surface area contributed by atoms with Crippen LogP contribution in [0.15, 0.2) is 35.2 Å². The van der Waals surface area contributed by atoms with Gasteiger partial charge in [0, 0.05) is 25.6 Å². The van der Waals surface area contributed by atoms with Gasteiger partial charge in [0.1, 0.15) is 0 Å². The van der Waals surface area contributed by atoms with E-state index < -0.39 is 40.5 Å². The standard InChI is InChI=1S/C18H21F3N2O3S/c1-2-7-15(12-18(19,20)21)22-17(24)14-8-6-11-23(13-14)27(25,26)16-9-4-3-5-10-16/h1,3-5,9-10,14-15H,6-8,11-13H2,(H,22,24)/t14-,15+/m1/s1. The van der Waals surface area contributed by atoms with Gasteiger partial charge < -0.3 is 5.32 Å². The predicted molar refractivity (Wildman–Crippen MR) is 94.0 cm³/mol. The molecule has 1 aromatic rings. The van der Waals surface area contributed by atoms with Crippen LogP contribution in [-0.2, 0) is 14.8 Å². The van der Waals surface area contributed by atoms with E-state index in [9.17, 15) is 26.4 Å². The summed E-state index contributed by atoms with van der Waals surface area (Å²) in [5, 5.41) is 2.33. The number of terminal acetylenes is 1. The Morgan fingerprint density at radius 1 is 1.33 bits per heavy atom. The van der Waals surface area contributed by atoms with E-state index in [-0.39, 0.29) is 24.4 Å². The van der Waals surface area contributed by atoms with Crippen molar-refractivity contribution in [3.05, 3.63) is 30.3 Å². The minimum absolute atomic E-state index is 0.0716. The van der Waals surface area contributed by atoms with Crippen LogP contribution in [0.4, 0.5) is 13.2 Å². The van der Waals surface area contributed by atoms with Crippen LogP contribution in [0.3, 0.4) is 0 Å². The zero-order chi connectivity index (χ0) is 20.1. The molecule has 1 aromatic carbocycles. The fourth-order valence-corrected chi connectivity index (χ4v) is 4.58. The SMILES string of the molecule is C#CC[C@@H](CC(F)(F)F)NC(=O)[C@@H]1CCCN(S(=O)(=O)c2ccccc2)C1. The highest BCUT2D eigenvalue weighted by Crippen LogP contribution is 2.26. The lowest BCUT2D eigenvalue weighted by Crippen LogP contribution is -2.48. The summed E-state index contributed by atoms with van der Waals surface area (Å²) in [4.78, 5) is 12.5. The molecule has 1 aliphatic heterocycles. The van der Waals surface area contributed by atoms with Crippen molar-refractivity contribution in [2.24, 2.45) is 5.92 Å². The van der Waals surface area contributed by atoms with Gasteiger partial charge in [0.2, 0.25) is 15.9 Å². The number of hydrogen-bond acceptors (Lipinski definition) is 3. The first-order valence-electron chi connectivity index (χ1n) is 8.49. The maximum atomic E-state index is 12.7. The molecule has 1 amide bonds. The molecule has 0 aliphatic carbocycles. The van der Waals surface area contributed by atoms with Crippen LogP contribution >= 0.6 is 0 Å². The Bertz CT molecular complexity index is 788. The molecular weight excluding hydrogens is 381 g/mol. The third-order valence-corrected chi connectivity index (χ3v) is 6.20. The van der Waals surface area contributed by atoms with Gasteiger partial charge in [-0.1, -0.05) is 18.2 Å². The van der Waals surface area contributed by atoms with Crippen molar-refractivity contribution in [3.8, 4) is 12.3 Å². The number of amides is 1. The summed E-state index contributed by atoms with van der Waals surface area (Å²) >= 11 is 0. The predicted octanol–water partition coefficient (Wildman–Crippen LogP) is 2.55. The van der Waals surface area contributed by atoms with Crippen LogP contribution in [0.1, 0.15) is 25.7 Å². The van der Waals surface area contributed by atoms with E-state index in [1.165, 1.54) is 16.4 Å². The first-order valence-corrected chi connectivity index (χ1v) is 9.93. The minimum atomic E-state index is -4.45. The topological polar surface area (TPSA) is 66.5 Å². The second-order valence-corrected chi connectivity index (χ2v) is 8.39. The summed E-state index contributed by atoms with van der Waals surface area (Å²) in [6, 6.07) is 6.60. The second kappa shape index (κ2) is 8.76. The summed E-state index contributed by atoms with van der Waals surface area (Å²) in [7, 11) is -3.75. The highest BCUT2D eigenvalue weighted by atomic mass is 32.2. The Kier molecular flexibility index (Phi) is 6.89. The third kappa shape index (κ3) is 5.97. The lowest BCUT2D eigenvalue weighted by atomic mass is 9.98. The molecule has 0 unspecified atom stereocenters. The van der Waals surface area contributed by atoms with Crippen molar-refractivity contribution in [2.75, 3.05) is 13.1 Å². The Labute approximate surface area is 157 Å². The van der Waals surface area contributed by atoms with Gasteiger partial charge in [-0.3, -0.25) is 4.79 Å². The van der Waals surface area contributed by atoms with Gasteiger partial charge in [-0.25, -0.2) is 8.42 Å². The van der Waals surface area contributed by atoms with E-state index in [2.05, 4.69) is 11.2 Å². The molecule has 1 aliphatic rings. The average Bonchev–Trinajstić information content (AvgIpc) is 2.61. The Morgan fingerprint density at radius 3 is 2.59 bits per heavy atom. The van der Waals surface area contributed by atoms with Crippen molar-refractivity contribution < 1.29 is 26.4 Å². The van der Waals surface area contributed by atoms with Crippen molar-refractivity contribution in [1.29, 1.82) is 0 Å². The van der Waals surface area contributed by atoms with Crippen LogP contribution in [-0.4, -0.2) is 43.9 Å². The largest absolute Gasteiger partial charge is 0.391 e. The number of hydrogen-bond donors (Lipinski definition) is 1. The molecule has 9 heteroatoms. The van der Waals surface area contributed by atoms with E-state index >= 15 is 0 Å². The number of piperidine rings is 1. The van der Waals surface area contributed by atoms with Crippen LogP contribution in [0.2, 0.25) is 0 Å². The fraction of sp³-hybridized carbons (Fsp3) is 0.500. The lowest BCUT2D eigenvalue weighted by Gasteiger charge is -2.32. The van der Waals surface area contributed by atoms with E-state index in [4.69, 9.17) is 6.42 Å². The molecule has 1 N–H and O–H groups in total. The fourth-order valence-electron chi connectivity index (χ4n) is 3.03. The van der Waals surface area contributed by atoms with Gasteiger partial charge in [-0.2, -0.15) is 17.5 Å². The van der Waals surface area contributed by atoms with Gasteiger partial charge in [0.25, 0.3) is 0 Å².